The van der Waals surface area contributed by atoms with Gasteiger partial charge in [0.15, 0.2) is 0 Å². The third kappa shape index (κ3) is 2.81. The molecule has 1 aliphatic carbocycles. The van der Waals surface area contributed by atoms with Crippen LogP contribution in [-0.2, 0) is 18.6 Å². The molecule has 2 heterocycles. The molecule has 0 amide bonds. The number of aromatic nitrogens is 2. The zero-order valence-corrected chi connectivity index (χ0v) is 16.4. The molecule has 0 bridgehead atoms. The van der Waals surface area contributed by atoms with E-state index in [0.29, 0.717) is 0 Å². The number of thiophene rings is 1. The maximum Gasteiger partial charge on any atom is 0.128 e. The van der Waals surface area contributed by atoms with Crippen LogP contribution in [0.2, 0.25) is 0 Å². The minimum atomic E-state index is 0.886. The lowest BCUT2D eigenvalue weighted by atomic mass is 9.97. The van der Waals surface area contributed by atoms with Crippen LogP contribution >= 0.6 is 23.1 Å². The van der Waals surface area contributed by atoms with Gasteiger partial charge in [0.2, 0.25) is 0 Å². The second-order valence-corrected chi connectivity index (χ2v) is 8.94. The number of hydrogen-bond acceptors (Lipinski definition) is 4. The Balaban J connectivity index is 1.56. The van der Waals surface area contributed by atoms with Gasteiger partial charge in [0, 0.05) is 16.0 Å². The van der Waals surface area contributed by atoms with E-state index in [-0.39, 0.29) is 0 Å². The molecule has 0 unspecified atom stereocenters. The van der Waals surface area contributed by atoms with Crippen molar-refractivity contribution in [2.45, 2.75) is 43.4 Å². The summed E-state index contributed by atoms with van der Waals surface area (Å²) < 4.78 is 0. The molecule has 4 heteroatoms. The Morgan fingerprint density at radius 1 is 1.00 bits per heavy atom. The van der Waals surface area contributed by atoms with E-state index in [9.17, 15) is 0 Å². The fraction of sp³-hybridized carbons (Fsp3) is 0.273. The third-order valence-corrected chi connectivity index (χ3v) is 7.35. The van der Waals surface area contributed by atoms with Gasteiger partial charge in [-0.15, -0.1) is 23.1 Å². The second-order valence-electron chi connectivity index (χ2n) is 6.89. The maximum atomic E-state index is 4.84. The molecule has 2 nitrogen and oxygen atoms in total. The molecule has 0 fully saturated rings. The standard InChI is InChI=1S/C22H20N2S2/c1-14-23-21(20-18-11-4-5-12-19(18)26-22(20)24-14)25-13-16-9-6-8-15-7-2-3-10-17(15)16/h2-3,6-10H,4-5,11-13H2,1H3. The highest BCUT2D eigenvalue weighted by molar-refractivity contribution is 7.98. The van der Waals surface area contributed by atoms with Crippen molar-refractivity contribution in [2.24, 2.45) is 0 Å². The number of benzene rings is 2. The zero-order chi connectivity index (χ0) is 17.5. The predicted octanol–water partition coefficient (Wildman–Crippen LogP) is 6.32. The normalized spacial score (nSPS) is 14.0. The van der Waals surface area contributed by atoms with E-state index in [1.165, 1.54) is 67.7 Å². The van der Waals surface area contributed by atoms with Crippen molar-refractivity contribution in [1.82, 2.24) is 9.97 Å². The topological polar surface area (TPSA) is 25.8 Å². The molecule has 0 N–H and O–H groups in total. The summed E-state index contributed by atoms with van der Waals surface area (Å²) in [4.78, 5) is 12.3. The Hall–Kier alpha value is -1.91. The summed E-state index contributed by atoms with van der Waals surface area (Å²) in [5.74, 6) is 1.83. The molecule has 0 saturated carbocycles. The van der Waals surface area contributed by atoms with E-state index in [2.05, 4.69) is 42.5 Å². The highest BCUT2D eigenvalue weighted by atomic mass is 32.2. The number of nitrogens with zero attached hydrogens (tertiary/aromatic N) is 2. The SMILES string of the molecule is Cc1nc(SCc2cccc3ccccc23)c2c3c(sc2n1)CCCC3. The van der Waals surface area contributed by atoms with E-state index in [1.54, 1.807) is 0 Å². The van der Waals surface area contributed by atoms with Crippen molar-refractivity contribution in [3.05, 3.63) is 64.3 Å². The van der Waals surface area contributed by atoms with Crippen LogP contribution in [0.1, 0.15) is 34.7 Å². The number of aryl methyl sites for hydroxylation is 3. The van der Waals surface area contributed by atoms with Gasteiger partial charge < -0.3 is 0 Å². The Bertz CT molecular complexity index is 1110. The van der Waals surface area contributed by atoms with Gasteiger partial charge in [0.05, 0.1) is 0 Å². The lowest BCUT2D eigenvalue weighted by Crippen LogP contribution is -1.99. The first-order valence-electron chi connectivity index (χ1n) is 9.18. The molecular weight excluding hydrogens is 356 g/mol. The summed E-state index contributed by atoms with van der Waals surface area (Å²) in [6, 6.07) is 15.2. The van der Waals surface area contributed by atoms with Crippen LogP contribution in [0.15, 0.2) is 47.5 Å². The largest absolute Gasteiger partial charge is 0.226 e. The lowest BCUT2D eigenvalue weighted by molar-refractivity contribution is 0.699. The smallest absolute Gasteiger partial charge is 0.128 e. The lowest BCUT2D eigenvalue weighted by Gasteiger charge is -2.12. The summed E-state index contributed by atoms with van der Waals surface area (Å²) in [5.41, 5.74) is 2.90. The van der Waals surface area contributed by atoms with Gasteiger partial charge in [-0.25, -0.2) is 9.97 Å². The Kier molecular flexibility index (Phi) is 4.18. The highest BCUT2D eigenvalue weighted by Crippen LogP contribution is 2.40. The molecule has 0 atom stereocenters. The molecular formula is C22H20N2S2. The van der Waals surface area contributed by atoms with Crippen molar-refractivity contribution >= 4 is 44.1 Å². The Labute approximate surface area is 161 Å². The maximum absolute atomic E-state index is 4.84. The van der Waals surface area contributed by atoms with Crippen molar-refractivity contribution in [3.63, 3.8) is 0 Å². The molecule has 26 heavy (non-hydrogen) atoms. The van der Waals surface area contributed by atoms with Gasteiger partial charge in [-0.05, 0) is 54.5 Å². The summed E-state index contributed by atoms with van der Waals surface area (Å²) >= 11 is 3.75. The van der Waals surface area contributed by atoms with Crippen LogP contribution in [0.4, 0.5) is 0 Å². The fourth-order valence-corrected chi connectivity index (χ4v) is 6.37. The second kappa shape index (κ2) is 6.67. The van der Waals surface area contributed by atoms with E-state index in [0.717, 1.165) is 11.6 Å². The molecule has 0 radical (unpaired) electrons. The Morgan fingerprint density at radius 3 is 2.81 bits per heavy atom. The molecule has 4 aromatic rings. The molecule has 0 saturated heterocycles. The van der Waals surface area contributed by atoms with Gasteiger partial charge in [-0.1, -0.05) is 42.5 Å². The van der Waals surface area contributed by atoms with Crippen LogP contribution in [0.25, 0.3) is 21.0 Å². The molecule has 2 aromatic heterocycles. The average molecular weight is 377 g/mol. The minimum absolute atomic E-state index is 0.886. The quantitative estimate of drug-likeness (QED) is 0.309. The van der Waals surface area contributed by atoms with Crippen LogP contribution in [0.3, 0.4) is 0 Å². The molecule has 0 spiro atoms. The molecule has 2 aromatic carbocycles. The fourth-order valence-electron chi connectivity index (χ4n) is 3.89. The summed E-state index contributed by atoms with van der Waals surface area (Å²) in [7, 11) is 0. The summed E-state index contributed by atoms with van der Waals surface area (Å²) in [6.07, 6.45) is 5.00. The predicted molar refractivity (Wildman–Crippen MR) is 112 cm³/mol. The summed E-state index contributed by atoms with van der Waals surface area (Å²) in [6.45, 7) is 2.01. The van der Waals surface area contributed by atoms with E-state index < -0.39 is 0 Å². The monoisotopic (exact) mass is 376 g/mol. The molecule has 130 valence electrons. The number of fused-ring (bicyclic) bond motifs is 4. The zero-order valence-electron chi connectivity index (χ0n) is 14.8. The highest BCUT2D eigenvalue weighted by Gasteiger charge is 2.20. The summed E-state index contributed by atoms with van der Waals surface area (Å²) in [5, 5.41) is 5.15. The van der Waals surface area contributed by atoms with E-state index in [4.69, 9.17) is 9.97 Å². The first-order valence-corrected chi connectivity index (χ1v) is 11.0. The number of rotatable bonds is 3. The average Bonchev–Trinajstić information content (AvgIpc) is 3.04. The third-order valence-electron chi connectivity index (χ3n) is 5.14. The van der Waals surface area contributed by atoms with E-state index >= 15 is 0 Å². The van der Waals surface area contributed by atoms with Gasteiger partial charge in [0.25, 0.3) is 0 Å². The number of hydrogen-bond donors (Lipinski definition) is 0. The number of thioether (sulfide) groups is 1. The van der Waals surface area contributed by atoms with Crippen LogP contribution < -0.4 is 0 Å². The van der Waals surface area contributed by atoms with Crippen LogP contribution in [-0.4, -0.2) is 9.97 Å². The van der Waals surface area contributed by atoms with Gasteiger partial charge in [0.1, 0.15) is 15.7 Å². The van der Waals surface area contributed by atoms with Crippen molar-refractivity contribution in [2.75, 3.05) is 0 Å². The van der Waals surface area contributed by atoms with Crippen molar-refractivity contribution < 1.29 is 0 Å². The molecule has 5 rings (SSSR count). The Morgan fingerprint density at radius 2 is 1.85 bits per heavy atom. The van der Waals surface area contributed by atoms with Gasteiger partial charge >= 0.3 is 0 Å². The first-order chi connectivity index (χ1) is 12.8. The first kappa shape index (κ1) is 16.3. The van der Waals surface area contributed by atoms with Crippen LogP contribution in [0.5, 0.6) is 0 Å². The van der Waals surface area contributed by atoms with Crippen molar-refractivity contribution in [1.29, 1.82) is 0 Å². The van der Waals surface area contributed by atoms with Gasteiger partial charge in [-0.3, -0.25) is 0 Å². The van der Waals surface area contributed by atoms with Crippen molar-refractivity contribution in [3.8, 4) is 0 Å². The molecule has 0 aliphatic heterocycles. The van der Waals surface area contributed by atoms with E-state index in [1.807, 2.05) is 30.0 Å². The van der Waals surface area contributed by atoms with Crippen LogP contribution in [0, 0.1) is 6.92 Å². The molecule has 1 aliphatic rings. The van der Waals surface area contributed by atoms with Gasteiger partial charge in [-0.2, -0.15) is 0 Å². The minimum Gasteiger partial charge on any atom is -0.226 e.